The van der Waals surface area contributed by atoms with Crippen molar-refractivity contribution in [1.29, 1.82) is 0 Å². The lowest BCUT2D eigenvalue weighted by Gasteiger charge is -2.24. The van der Waals surface area contributed by atoms with Crippen LogP contribution in [0, 0.1) is 0 Å². The van der Waals surface area contributed by atoms with Crippen molar-refractivity contribution in [1.82, 2.24) is 14.9 Å². The van der Waals surface area contributed by atoms with Crippen molar-refractivity contribution >= 4 is 23.3 Å². The highest BCUT2D eigenvalue weighted by Gasteiger charge is 2.35. The Morgan fingerprint density at radius 3 is 2.57 bits per heavy atom. The van der Waals surface area contributed by atoms with E-state index in [1.807, 2.05) is 12.1 Å². The molecule has 1 aromatic carbocycles. The molecule has 0 unspecified atom stereocenters. The first kappa shape index (κ1) is 19.9. The van der Waals surface area contributed by atoms with Gasteiger partial charge in [0, 0.05) is 31.3 Å². The van der Waals surface area contributed by atoms with Gasteiger partial charge in [-0.15, -0.1) is 0 Å². The SMILES string of the molecule is O=C(Nc1ccc(C2=NN(CC(F)(F)F)C(=O)CC2)cc1)N1Cc2cccnc2C1. The summed E-state index contributed by atoms with van der Waals surface area (Å²) in [6.45, 7) is -0.497. The summed E-state index contributed by atoms with van der Waals surface area (Å²) in [6.07, 6.45) is -2.59. The molecule has 3 amide bonds. The molecule has 0 atom stereocenters. The Labute approximate surface area is 170 Å². The van der Waals surface area contributed by atoms with Crippen LogP contribution in [0.15, 0.2) is 47.7 Å². The molecule has 1 aromatic heterocycles. The van der Waals surface area contributed by atoms with Crippen molar-refractivity contribution in [3.8, 4) is 0 Å². The molecule has 30 heavy (non-hydrogen) atoms. The van der Waals surface area contributed by atoms with Crippen molar-refractivity contribution in [2.24, 2.45) is 5.10 Å². The second-order valence-electron chi connectivity index (χ2n) is 7.09. The zero-order valence-electron chi connectivity index (χ0n) is 15.8. The fourth-order valence-corrected chi connectivity index (χ4v) is 3.39. The number of halogens is 3. The zero-order valence-corrected chi connectivity index (χ0v) is 15.8. The number of fused-ring (bicyclic) bond motifs is 1. The molecule has 3 heterocycles. The minimum absolute atomic E-state index is 0.0308. The summed E-state index contributed by atoms with van der Waals surface area (Å²) in [6, 6.07) is 10.1. The summed E-state index contributed by atoms with van der Waals surface area (Å²) in [5.41, 5.74) is 3.43. The number of carbonyl (C=O) groups excluding carboxylic acids is 2. The molecule has 1 N–H and O–H groups in total. The van der Waals surface area contributed by atoms with E-state index in [4.69, 9.17) is 0 Å². The Morgan fingerprint density at radius 1 is 1.10 bits per heavy atom. The van der Waals surface area contributed by atoms with E-state index in [1.54, 1.807) is 35.4 Å². The van der Waals surface area contributed by atoms with E-state index in [0.717, 1.165) is 11.3 Å². The number of aromatic nitrogens is 1. The van der Waals surface area contributed by atoms with E-state index in [2.05, 4.69) is 15.4 Å². The van der Waals surface area contributed by atoms with Crippen LogP contribution >= 0.6 is 0 Å². The number of nitrogens with zero attached hydrogens (tertiary/aromatic N) is 4. The van der Waals surface area contributed by atoms with E-state index < -0.39 is 18.6 Å². The Balaban J connectivity index is 1.41. The number of anilines is 1. The summed E-state index contributed by atoms with van der Waals surface area (Å²) in [5.74, 6) is -0.652. The first-order chi connectivity index (χ1) is 14.3. The van der Waals surface area contributed by atoms with Crippen molar-refractivity contribution in [3.63, 3.8) is 0 Å². The van der Waals surface area contributed by atoms with Gasteiger partial charge in [-0.25, -0.2) is 9.80 Å². The summed E-state index contributed by atoms with van der Waals surface area (Å²) in [5, 5.41) is 7.14. The van der Waals surface area contributed by atoms with Crippen LogP contribution in [0.2, 0.25) is 0 Å². The molecule has 0 saturated carbocycles. The van der Waals surface area contributed by atoms with Crippen LogP contribution in [-0.2, 0) is 17.9 Å². The Morgan fingerprint density at radius 2 is 1.87 bits per heavy atom. The van der Waals surface area contributed by atoms with Crippen LogP contribution in [0.5, 0.6) is 0 Å². The smallest absolute Gasteiger partial charge is 0.314 e. The highest BCUT2D eigenvalue weighted by Crippen LogP contribution is 2.24. The number of alkyl halides is 3. The molecule has 4 rings (SSSR count). The number of pyridine rings is 1. The number of hydrogen-bond acceptors (Lipinski definition) is 4. The third-order valence-electron chi connectivity index (χ3n) is 4.88. The van der Waals surface area contributed by atoms with Crippen molar-refractivity contribution in [3.05, 3.63) is 59.4 Å². The normalized spacial score (nSPS) is 16.4. The van der Waals surface area contributed by atoms with Gasteiger partial charge < -0.3 is 10.2 Å². The van der Waals surface area contributed by atoms with Gasteiger partial charge in [0.2, 0.25) is 5.91 Å². The lowest BCUT2D eigenvalue weighted by Crippen LogP contribution is -2.38. The molecule has 0 aliphatic carbocycles. The number of urea groups is 1. The summed E-state index contributed by atoms with van der Waals surface area (Å²) in [7, 11) is 0. The average Bonchev–Trinajstić information content (AvgIpc) is 3.14. The molecule has 0 bridgehead atoms. The Hall–Kier alpha value is -3.43. The number of nitrogens with one attached hydrogen (secondary N) is 1. The van der Waals surface area contributed by atoms with E-state index in [1.165, 1.54) is 0 Å². The summed E-state index contributed by atoms with van der Waals surface area (Å²) >= 11 is 0. The molecule has 0 fully saturated rings. The molecule has 7 nitrogen and oxygen atoms in total. The number of hydrazone groups is 1. The number of carbonyl (C=O) groups is 2. The molecule has 0 spiro atoms. The van der Waals surface area contributed by atoms with Crippen molar-refractivity contribution in [2.75, 3.05) is 11.9 Å². The Kier molecular flexibility index (Phi) is 5.15. The highest BCUT2D eigenvalue weighted by molar-refractivity contribution is 6.04. The molecule has 2 aliphatic heterocycles. The Bertz CT molecular complexity index is 979. The van der Waals surface area contributed by atoms with Crippen LogP contribution in [0.25, 0.3) is 0 Å². The lowest BCUT2D eigenvalue weighted by atomic mass is 10.0. The van der Waals surface area contributed by atoms with Gasteiger partial charge in [-0.3, -0.25) is 9.78 Å². The van der Waals surface area contributed by atoms with Crippen LogP contribution in [0.3, 0.4) is 0 Å². The first-order valence-corrected chi connectivity index (χ1v) is 9.32. The second kappa shape index (κ2) is 7.77. The zero-order chi connectivity index (χ0) is 21.3. The predicted octanol–water partition coefficient (Wildman–Crippen LogP) is 3.52. The standard InChI is InChI=1S/C20H18F3N5O2/c21-20(22,23)12-28-18(29)8-7-16(26-28)13-3-5-15(6-4-13)25-19(30)27-10-14-2-1-9-24-17(14)11-27/h1-6,9H,7-8,10-12H2,(H,25,30). The van der Waals surface area contributed by atoms with Gasteiger partial charge in [0.25, 0.3) is 0 Å². The van der Waals surface area contributed by atoms with Gasteiger partial charge in [-0.2, -0.15) is 18.3 Å². The molecular weight excluding hydrogens is 399 g/mol. The van der Waals surface area contributed by atoms with Gasteiger partial charge >= 0.3 is 12.2 Å². The third kappa shape index (κ3) is 4.42. The number of benzene rings is 1. The first-order valence-electron chi connectivity index (χ1n) is 9.32. The van der Waals surface area contributed by atoms with Gasteiger partial charge in [0.15, 0.2) is 0 Å². The molecular formula is C20H18F3N5O2. The molecule has 0 saturated heterocycles. The van der Waals surface area contributed by atoms with E-state index in [9.17, 15) is 22.8 Å². The minimum atomic E-state index is -4.51. The monoisotopic (exact) mass is 417 g/mol. The van der Waals surface area contributed by atoms with Gasteiger partial charge in [-0.1, -0.05) is 18.2 Å². The highest BCUT2D eigenvalue weighted by atomic mass is 19.4. The topological polar surface area (TPSA) is 77.9 Å². The fraction of sp³-hybridized carbons (Fsp3) is 0.300. The van der Waals surface area contributed by atoms with E-state index >= 15 is 0 Å². The largest absolute Gasteiger partial charge is 0.408 e. The average molecular weight is 417 g/mol. The van der Waals surface area contributed by atoms with Gasteiger partial charge in [-0.05, 0) is 29.3 Å². The molecule has 2 aliphatic rings. The number of rotatable bonds is 3. The van der Waals surface area contributed by atoms with Crippen LogP contribution in [0.1, 0.15) is 29.7 Å². The lowest BCUT2D eigenvalue weighted by molar-refractivity contribution is -0.161. The van der Waals surface area contributed by atoms with Gasteiger partial charge in [0.05, 0.1) is 18.0 Å². The predicted molar refractivity (Wildman–Crippen MR) is 102 cm³/mol. The second-order valence-corrected chi connectivity index (χ2v) is 7.09. The third-order valence-corrected chi connectivity index (χ3v) is 4.88. The van der Waals surface area contributed by atoms with Crippen molar-refractivity contribution < 1.29 is 22.8 Å². The van der Waals surface area contributed by atoms with Crippen LogP contribution < -0.4 is 5.32 Å². The number of amides is 3. The van der Waals surface area contributed by atoms with E-state index in [0.29, 0.717) is 35.1 Å². The summed E-state index contributed by atoms with van der Waals surface area (Å²) < 4.78 is 37.9. The fourth-order valence-electron chi connectivity index (χ4n) is 3.39. The molecule has 2 aromatic rings. The van der Waals surface area contributed by atoms with Gasteiger partial charge in [0.1, 0.15) is 6.54 Å². The summed E-state index contributed by atoms with van der Waals surface area (Å²) in [4.78, 5) is 30.1. The molecule has 10 heteroatoms. The maximum absolute atomic E-state index is 12.6. The van der Waals surface area contributed by atoms with Crippen molar-refractivity contribution in [2.45, 2.75) is 32.1 Å². The van der Waals surface area contributed by atoms with E-state index in [-0.39, 0.29) is 18.9 Å². The maximum atomic E-state index is 12.6. The number of hydrogen-bond donors (Lipinski definition) is 1. The minimum Gasteiger partial charge on any atom is -0.314 e. The molecule has 0 radical (unpaired) electrons. The maximum Gasteiger partial charge on any atom is 0.408 e. The molecule has 156 valence electrons. The van der Waals surface area contributed by atoms with Crippen LogP contribution in [-0.4, -0.2) is 45.3 Å². The van der Waals surface area contributed by atoms with Crippen LogP contribution in [0.4, 0.5) is 23.7 Å². The quantitative estimate of drug-likeness (QED) is 0.830.